The highest BCUT2D eigenvalue weighted by Crippen LogP contribution is 2.36. The van der Waals surface area contributed by atoms with Crippen LogP contribution >= 0.6 is 11.8 Å². The summed E-state index contributed by atoms with van der Waals surface area (Å²) < 4.78 is 0. The summed E-state index contributed by atoms with van der Waals surface area (Å²) in [7, 11) is 0. The Balaban J connectivity index is 1.49. The van der Waals surface area contributed by atoms with E-state index >= 15 is 0 Å². The van der Waals surface area contributed by atoms with E-state index in [1.807, 2.05) is 53.4 Å². The number of carboxylic acid groups (broad SMARTS) is 1. The Labute approximate surface area is 241 Å². The molecule has 1 unspecified atom stereocenters. The number of carbonyl (C=O) groups is 4. The fraction of sp³-hybridized carbons (Fsp3) is 0.200. The number of thioether (sulfide) groups is 1. The van der Waals surface area contributed by atoms with Crippen LogP contribution in [0.25, 0.3) is 5.57 Å². The van der Waals surface area contributed by atoms with Gasteiger partial charge >= 0.3 is 18.0 Å². The molecule has 2 aliphatic heterocycles. The molecule has 4 amide bonds. The summed E-state index contributed by atoms with van der Waals surface area (Å²) in [5.41, 5.74) is 5.89. The smallest absolute Gasteiger partial charge is 0.349 e. The van der Waals surface area contributed by atoms with E-state index in [0.717, 1.165) is 47.0 Å². The lowest BCUT2D eigenvalue weighted by Crippen LogP contribution is -2.57. The minimum absolute atomic E-state index is 0.115. The zero-order valence-corrected chi connectivity index (χ0v) is 22.9. The van der Waals surface area contributed by atoms with E-state index in [2.05, 4.69) is 10.7 Å². The Bertz CT molecular complexity index is 1470. The van der Waals surface area contributed by atoms with E-state index in [1.165, 1.54) is 4.90 Å². The van der Waals surface area contributed by atoms with Gasteiger partial charge in [-0.05, 0) is 42.7 Å². The predicted molar refractivity (Wildman–Crippen MR) is 157 cm³/mol. The maximum absolute atomic E-state index is 14.2. The Morgan fingerprint density at radius 1 is 0.976 bits per heavy atom. The molecular formula is C30H29N5O5S. The number of aliphatic carboxylic acids is 1. The number of hydrazine groups is 1. The second kappa shape index (κ2) is 12.7. The number of likely N-dealkylation sites (tertiary alicyclic amines) is 1. The predicted octanol–water partition coefficient (Wildman–Crippen LogP) is 4.85. The first-order valence-corrected chi connectivity index (χ1v) is 14.1. The molecular weight excluding hydrogens is 542 g/mol. The van der Waals surface area contributed by atoms with Gasteiger partial charge in [-0.25, -0.2) is 20.0 Å². The van der Waals surface area contributed by atoms with Gasteiger partial charge in [0.1, 0.15) is 6.17 Å². The van der Waals surface area contributed by atoms with Crippen molar-refractivity contribution in [3.63, 3.8) is 0 Å². The lowest BCUT2D eigenvalue weighted by atomic mass is 9.97. The van der Waals surface area contributed by atoms with E-state index in [9.17, 15) is 19.2 Å². The third kappa shape index (κ3) is 6.42. The number of fused-ring (bicyclic) bond motifs is 1. The van der Waals surface area contributed by atoms with Crippen molar-refractivity contribution in [2.45, 2.75) is 23.9 Å². The molecule has 0 radical (unpaired) electrons. The summed E-state index contributed by atoms with van der Waals surface area (Å²) >= 11 is 1.13. The Kier molecular flexibility index (Phi) is 8.66. The second-order valence-electron chi connectivity index (χ2n) is 9.52. The highest BCUT2D eigenvalue weighted by molar-refractivity contribution is 8.00. The Morgan fingerprint density at radius 3 is 2.44 bits per heavy atom. The molecule has 210 valence electrons. The number of rotatable bonds is 9. The maximum Gasteiger partial charge on any atom is 0.349 e. The summed E-state index contributed by atoms with van der Waals surface area (Å²) in [6.45, 7) is 1.36. The number of benzene rings is 3. The van der Waals surface area contributed by atoms with E-state index in [4.69, 9.17) is 5.11 Å². The van der Waals surface area contributed by atoms with Crippen LogP contribution in [0.5, 0.6) is 0 Å². The molecule has 1 atom stereocenters. The number of anilines is 2. The Hall–Kier alpha value is -4.61. The first-order valence-electron chi connectivity index (χ1n) is 13.2. The number of nitrogens with zero attached hydrogens (tertiary/aromatic N) is 3. The monoisotopic (exact) mass is 571 g/mol. The van der Waals surface area contributed by atoms with Crippen molar-refractivity contribution in [2.24, 2.45) is 0 Å². The lowest BCUT2D eigenvalue weighted by Gasteiger charge is -2.36. The minimum atomic E-state index is -0.945. The summed E-state index contributed by atoms with van der Waals surface area (Å²) in [6, 6.07) is 22.4. The zero-order chi connectivity index (χ0) is 28.8. The van der Waals surface area contributed by atoms with Crippen LogP contribution in [-0.4, -0.2) is 64.3 Å². The summed E-state index contributed by atoms with van der Waals surface area (Å²) in [4.78, 5) is 54.8. The highest BCUT2D eigenvalue weighted by atomic mass is 32.2. The molecule has 3 aromatic rings. The van der Waals surface area contributed by atoms with Gasteiger partial charge < -0.3 is 10.4 Å². The lowest BCUT2D eigenvalue weighted by molar-refractivity contribution is -0.133. The molecule has 0 bridgehead atoms. The van der Waals surface area contributed by atoms with E-state index in [1.54, 1.807) is 36.5 Å². The van der Waals surface area contributed by atoms with Crippen molar-refractivity contribution < 1.29 is 24.3 Å². The van der Waals surface area contributed by atoms with Crippen molar-refractivity contribution >= 4 is 53.0 Å². The summed E-state index contributed by atoms with van der Waals surface area (Å²) in [5.74, 6) is -1.06. The number of hydrogen-bond acceptors (Lipinski definition) is 6. The number of aldehydes is 1. The van der Waals surface area contributed by atoms with Gasteiger partial charge in [0.05, 0.1) is 11.4 Å². The van der Waals surface area contributed by atoms with Crippen LogP contribution in [0.1, 0.15) is 24.0 Å². The van der Waals surface area contributed by atoms with Crippen LogP contribution in [0.2, 0.25) is 0 Å². The van der Waals surface area contributed by atoms with Crippen LogP contribution in [0.15, 0.2) is 90.0 Å². The van der Waals surface area contributed by atoms with Crippen LogP contribution < -0.4 is 15.6 Å². The van der Waals surface area contributed by atoms with Gasteiger partial charge in [-0.1, -0.05) is 54.6 Å². The fourth-order valence-corrected chi connectivity index (χ4v) is 5.64. The van der Waals surface area contributed by atoms with E-state index < -0.39 is 24.2 Å². The molecule has 0 spiro atoms. The van der Waals surface area contributed by atoms with Gasteiger partial charge in [-0.3, -0.25) is 19.4 Å². The molecule has 0 saturated carbocycles. The first-order chi connectivity index (χ1) is 19.9. The van der Waals surface area contributed by atoms with Crippen molar-refractivity contribution in [2.75, 3.05) is 29.1 Å². The third-order valence-corrected chi connectivity index (χ3v) is 7.76. The van der Waals surface area contributed by atoms with Gasteiger partial charge in [0.2, 0.25) is 0 Å². The third-order valence-electron chi connectivity index (χ3n) is 6.79. The van der Waals surface area contributed by atoms with Crippen LogP contribution in [0, 0.1) is 0 Å². The van der Waals surface area contributed by atoms with E-state index in [0.29, 0.717) is 34.9 Å². The molecule has 1 saturated heterocycles. The standard InChI is InChI=1S/C30H29N5O5S/c36-19-27(33-15-6-7-16-33)35-26-14-5-4-13-24(26)25(21-9-2-1-3-10-21)18-34(30(35)40)32-29(39)31-22-11-8-12-23(17-22)41-20-28(37)38/h1-5,8-14,17-19,27H,6-7,15-16,20H2,(H,37,38)(H2,31,32,39). The van der Waals surface area contributed by atoms with Gasteiger partial charge in [0, 0.05) is 41.0 Å². The molecule has 3 aromatic carbocycles. The first kappa shape index (κ1) is 27.9. The molecule has 10 nitrogen and oxygen atoms in total. The van der Waals surface area contributed by atoms with Crippen LogP contribution in [-0.2, 0) is 9.59 Å². The van der Waals surface area contributed by atoms with Crippen LogP contribution in [0.4, 0.5) is 21.0 Å². The van der Waals surface area contributed by atoms with Gasteiger partial charge in [-0.2, -0.15) is 0 Å². The number of carboxylic acids is 1. The van der Waals surface area contributed by atoms with Crippen molar-refractivity contribution in [3.8, 4) is 0 Å². The summed E-state index contributed by atoms with van der Waals surface area (Å²) in [5, 5.41) is 12.8. The Morgan fingerprint density at radius 2 is 1.71 bits per heavy atom. The molecule has 2 heterocycles. The summed E-state index contributed by atoms with van der Waals surface area (Å²) in [6.07, 6.45) is 3.34. The molecule has 0 aliphatic carbocycles. The maximum atomic E-state index is 14.2. The largest absolute Gasteiger partial charge is 0.481 e. The molecule has 41 heavy (non-hydrogen) atoms. The average Bonchev–Trinajstić information content (AvgIpc) is 3.48. The zero-order valence-electron chi connectivity index (χ0n) is 22.1. The number of para-hydroxylation sites is 1. The number of amides is 4. The number of carbonyl (C=O) groups excluding carboxylic acids is 3. The second-order valence-corrected chi connectivity index (χ2v) is 10.6. The van der Waals surface area contributed by atoms with Gasteiger partial charge in [0.15, 0.2) is 6.29 Å². The van der Waals surface area contributed by atoms with Gasteiger partial charge in [-0.15, -0.1) is 11.8 Å². The number of nitrogens with one attached hydrogen (secondary N) is 2. The topological polar surface area (TPSA) is 122 Å². The number of urea groups is 2. The molecule has 5 rings (SSSR count). The molecule has 11 heteroatoms. The van der Waals surface area contributed by atoms with Crippen molar-refractivity contribution in [1.82, 2.24) is 15.3 Å². The fourth-order valence-electron chi connectivity index (χ4n) is 4.96. The average molecular weight is 572 g/mol. The van der Waals surface area contributed by atoms with Crippen molar-refractivity contribution in [3.05, 3.63) is 96.2 Å². The molecule has 1 fully saturated rings. The quantitative estimate of drug-likeness (QED) is 0.248. The van der Waals surface area contributed by atoms with E-state index in [-0.39, 0.29) is 5.75 Å². The minimum Gasteiger partial charge on any atom is -0.481 e. The van der Waals surface area contributed by atoms with Gasteiger partial charge in [0.25, 0.3) is 0 Å². The van der Waals surface area contributed by atoms with Crippen LogP contribution in [0.3, 0.4) is 0 Å². The van der Waals surface area contributed by atoms with Crippen molar-refractivity contribution in [1.29, 1.82) is 0 Å². The SMILES string of the molecule is O=CC(N1CCCC1)N1C(=O)N(NC(=O)Nc2cccc(SCC(=O)O)c2)C=C(c2ccccc2)c2ccccc21. The number of hydrogen-bond donors (Lipinski definition) is 3. The molecule has 0 aromatic heterocycles. The molecule has 2 aliphatic rings. The molecule has 3 N–H and O–H groups in total. The normalized spacial score (nSPS) is 15.9. The highest BCUT2D eigenvalue weighted by Gasteiger charge is 2.38.